The molecule has 0 spiro atoms. The number of aromatic carboxylic acids is 1. The number of nitrogens with one attached hydrogen (secondary N) is 1. The van der Waals surface area contributed by atoms with Crippen LogP contribution in [0.3, 0.4) is 0 Å². The molecule has 0 aliphatic heterocycles. The van der Waals surface area contributed by atoms with Crippen LogP contribution in [-0.2, 0) is 0 Å². The summed E-state index contributed by atoms with van der Waals surface area (Å²) in [6.45, 7) is 2.14. The van der Waals surface area contributed by atoms with Gasteiger partial charge in [0.2, 0.25) is 0 Å². The summed E-state index contributed by atoms with van der Waals surface area (Å²) in [7, 11) is 1.73. The van der Waals surface area contributed by atoms with E-state index in [2.05, 4.69) is 16.9 Å². The minimum atomic E-state index is -1.16. The third-order valence-electron chi connectivity index (χ3n) is 3.94. The number of hydrogen-bond acceptors (Lipinski definition) is 3. The second-order valence-electron chi connectivity index (χ2n) is 5.18. The maximum absolute atomic E-state index is 12.4. The van der Waals surface area contributed by atoms with Gasteiger partial charge in [0.1, 0.15) is 0 Å². The van der Waals surface area contributed by atoms with E-state index in [0.717, 1.165) is 19.3 Å². The van der Waals surface area contributed by atoms with E-state index < -0.39 is 5.97 Å². The molecule has 6 heteroatoms. The molecule has 1 aromatic rings. The number of aromatic amines is 1. The zero-order valence-corrected chi connectivity index (χ0v) is 11.2. The molecule has 1 aliphatic rings. The van der Waals surface area contributed by atoms with Gasteiger partial charge >= 0.3 is 5.97 Å². The van der Waals surface area contributed by atoms with E-state index in [9.17, 15) is 9.59 Å². The molecule has 2 rings (SSSR count). The molecule has 1 fully saturated rings. The van der Waals surface area contributed by atoms with E-state index >= 15 is 0 Å². The highest BCUT2D eigenvalue weighted by Gasteiger charge is 2.31. The summed E-state index contributed by atoms with van der Waals surface area (Å²) in [6, 6.07) is 0.166. The minimum Gasteiger partial charge on any atom is -0.477 e. The zero-order valence-electron chi connectivity index (χ0n) is 11.2. The molecule has 19 heavy (non-hydrogen) atoms. The van der Waals surface area contributed by atoms with Gasteiger partial charge in [0.25, 0.3) is 5.91 Å². The normalized spacial score (nSPS) is 23.1. The summed E-state index contributed by atoms with van der Waals surface area (Å²) < 4.78 is 0. The Kier molecular flexibility index (Phi) is 3.87. The number of hydrogen-bond donors (Lipinski definition) is 2. The first-order valence-electron chi connectivity index (χ1n) is 6.56. The van der Waals surface area contributed by atoms with Gasteiger partial charge in [-0.3, -0.25) is 4.79 Å². The summed E-state index contributed by atoms with van der Waals surface area (Å²) in [6.07, 6.45) is 5.63. The summed E-state index contributed by atoms with van der Waals surface area (Å²) in [5, 5.41) is 9.01. The van der Waals surface area contributed by atoms with Gasteiger partial charge in [-0.15, -0.1) is 0 Å². The molecule has 1 heterocycles. The van der Waals surface area contributed by atoms with E-state index in [1.807, 2.05) is 0 Å². The van der Waals surface area contributed by atoms with E-state index in [1.165, 1.54) is 12.7 Å². The van der Waals surface area contributed by atoms with Crippen LogP contribution in [0.1, 0.15) is 53.6 Å². The Morgan fingerprint density at radius 3 is 2.74 bits per heavy atom. The first-order valence-corrected chi connectivity index (χ1v) is 6.56. The number of carboxylic acid groups (broad SMARTS) is 1. The molecule has 0 saturated heterocycles. The Morgan fingerprint density at radius 1 is 1.42 bits per heavy atom. The fraction of sp³-hybridized carbons (Fsp3) is 0.615. The molecule has 1 amide bonds. The van der Waals surface area contributed by atoms with Gasteiger partial charge < -0.3 is 15.0 Å². The molecule has 6 nitrogen and oxygen atoms in total. The SMILES string of the molecule is CC1CCCCC1N(C)C(=O)c1nc[nH]c1C(=O)O. The van der Waals surface area contributed by atoms with Crippen molar-refractivity contribution in [1.82, 2.24) is 14.9 Å². The number of H-pyrrole nitrogens is 1. The van der Waals surface area contributed by atoms with Crippen molar-refractivity contribution in [3.8, 4) is 0 Å². The standard InChI is InChI=1S/C13H19N3O3/c1-8-5-3-4-6-9(8)16(2)12(17)10-11(13(18)19)15-7-14-10/h7-9H,3-6H2,1-2H3,(H,14,15)(H,18,19). The first-order chi connectivity index (χ1) is 9.02. The summed E-state index contributed by atoms with van der Waals surface area (Å²) >= 11 is 0. The van der Waals surface area contributed by atoms with Gasteiger partial charge in [-0.25, -0.2) is 9.78 Å². The highest BCUT2D eigenvalue weighted by Crippen LogP contribution is 2.28. The smallest absolute Gasteiger partial charge is 0.354 e. The maximum Gasteiger partial charge on any atom is 0.354 e. The quantitative estimate of drug-likeness (QED) is 0.871. The summed E-state index contributed by atoms with van der Waals surface area (Å²) in [5.41, 5.74) is -0.145. The molecule has 2 N–H and O–H groups in total. The molecule has 2 atom stereocenters. The Morgan fingerprint density at radius 2 is 2.11 bits per heavy atom. The lowest BCUT2D eigenvalue weighted by Crippen LogP contribution is -2.43. The van der Waals surface area contributed by atoms with Gasteiger partial charge in [-0.05, 0) is 18.8 Å². The van der Waals surface area contributed by atoms with Gasteiger partial charge in [0, 0.05) is 13.1 Å². The highest BCUT2D eigenvalue weighted by molar-refractivity contribution is 6.02. The van der Waals surface area contributed by atoms with Crippen LogP contribution >= 0.6 is 0 Å². The molecule has 2 unspecified atom stereocenters. The summed E-state index contributed by atoms with van der Waals surface area (Å²) in [4.78, 5) is 31.4. The molecular formula is C13H19N3O3. The number of carbonyl (C=O) groups excluding carboxylic acids is 1. The zero-order chi connectivity index (χ0) is 14.0. The second-order valence-corrected chi connectivity index (χ2v) is 5.18. The monoisotopic (exact) mass is 265 g/mol. The van der Waals surface area contributed by atoms with Crippen molar-refractivity contribution in [3.63, 3.8) is 0 Å². The van der Waals surface area contributed by atoms with Crippen LogP contribution in [0, 0.1) is 5.92 Å². The number of rotatable bonds is 3. The number of aromatic nitrogens is 2. The van der Waals surface area contributed by atoms with Crippen LogP contribution in [0.5, 0.6) is 0 Å². The molecule has 1 aromatic heterocycles. The van der Waals surface area contributed by atoms with Gasteiger partial charge in [0.15, 0.2) is 11.4 Å². The predicted molar refractivity (Wildman–Crippen MR) is 69.1 cm³/mol. The van der Waals surface area contributed by atoms with Crippen molar-refractivity contribution < 1.29 is 14.7 Å². The van der Waals surface area contributed by atoms with Crippen molar-refractivity contribution >= 4 is 11.9 Å². The van der Waals surface area contributed by atoms with Gasteiger partial charge in [-0.1, -0.05) is 19.8 Å². The molecule has 1 saturated carbocycles. The van der Waals surface area contributed by atoms with Gasteiger partial charge in [0.05, 0.1) is 6.33 Å². The summed E-state index contributed by atoms with van der Waals surface area (Å²) in [5.74, 6) is -1.04. The Hall–Kier alpha value is -1.85. The fourth-order valence-electron chi connectivity index (χ4n) is 2.81. The Labute approximate surface area is 111 Å². The molecule has 104 valence electrons. The average Bonchev–Trinajstić information content (AvgIpc) is 2.87. The Bertz CT molecular complexity index is 483. The van der Waals surface area contributed by atoms with E-state index in [4.69, 9.17) is 5.11 Å². The van der Waals surface area contributed by atoms with Crippen LogP contribution in [-0.4, -0.2) is 44.9 Å². The van der Waals surface area contributed by atoms with Crippen LogP contribution in [0.2, 0.25) is 0 Å². The predicted octanol–water partition coefficient (Wildman–Crippen LogP) is 1.76. The molecule has 1 aliphatic carbocycles. The van der Waals surface area contributed by atoms with E-state index in [-0.39, 0.29) is 23.3 Å². The average molecular weight is 265 g/mol. The first kappa shape index (κ1) is 13.6. The van der Waals surface area contributed by atoms with Crippen molar-refractivity contribution in [1.29, 1.82) is 0 Å². The number of nitrogens with zero attached hydrogens (tertiary/aromatic N) is 2. The van der Waals surface area contributed by atoms with Crippen molar-refractivity contribution in [2.45, 2.75) is 38.6 Å². The van der Waals surface area contributed by atoms with Crippen LogP contribution in [0.15, 0.2) is 6.33 Å². The highest BCUT2D eigenvalue weighted by atomic mass is 16.4. The van der Waals surface area contributed by atoms with Crippen LogP contribution in [0.25, 0.3) is 0 Å². The number of imidazole rings is 1. The number of amides is 1. The van der Waals surface area contributed by atoms with E-state index in [1.54, 1.807) is 11.9 Å². The third-order valence-corrected chi connectivity index (χ3v) is 3.94. The third kappa shape index (κ3) is 2.62. The molecular weight excluding hydrogens is 246 g/mol. The minimum absolute atomic E-state index is 0.00669. The lowest BCUT2D eigenvalue weighted by Gasteiger charge is -2.36. The topological polar surface area (TPSA) is 86.3 Å². The lowest BCUT2D eigenvalue weighted by atomic mass is 9.85. The fourth-order valence-corrected chi connectivity index (χ4v) is 2.81. The molecule has 0 radical (unpaired) electrons. The van der Waals surface area contributed by atoms with Crippen LogP contribution < -0.4 is 0 Å². The van der Waals surface area contributed by atoms with Gasteiger partial charge in [-0.2, -0.15) is 0 Å². The van der Waals surface area contributed by atoms with E-state index in [0.29, 0.717) is 5.92 Å². The Balaban J connectivity index is 2.18. The van der Waals surface area contributed by atoms with Crippen LogP contribution in [0.4, 0.5) is 0 Å². The van der Waals surface area contributed by atoms with Crippen molar-refractivity contribution in [3.05, 3.63) is 17.7 Å². The van der Waals surface area contributed by atoms with Crippen molar-refractivity contribution in [2.75, 3.05) is 7.05 Å². The molecule has 0 bridgehead atoms. The lowest BCUT2D eigenvalue weighted by molar-refractivity contribution is 0.0603. The maximum atomic E-state index is 12.4. The number of carbonyl (C=O) groups is 2. The largest absolute Gasteiger partial charge is 0.477 e. The van der Waals surface area contributed by atoms with Crippen molar-refractivity contribution in [2.24, 2.45) is 5.92 Å². The second kappa shape index (κ2) is 5.42. The number of carboxylic acids is 1. The molecule has 0 aromatic carbocycles.